The number of ketones is 2. The van der Waals surface area contributed by atoms with E-state index in [4.69, 9.17) is 0 Å². The van der Waals surface area contributed by atoms with Gasteiger partial charge in [0.25, 0.3) is 0 Å². The van der Waals surface area contributed by atoms with Crippen LogP contribution in [0.15, 0.2) is 23.8 Å². The van der Waals surface area contributed by atoms with Crippen molar-refractivity contribution in [3.63, 3.8) is 0 Å². The molecule has 0 spiro atoms. The third kappa shape index (κ3) is 5.06. The maximum Gasteiger partial charge on any atom is 0.234 e. The normalized spacial score (nSPS) is 14.1. The molecule has 0 heterocycles. The molecule has 0 unspecified atom stereocenters. The first-order valence-electron chi connectivity index (χ1n) is 10.2. The molecule has 0 radical (unpaired) electrons. The fourth-order valence-corrected chi connectivity index (χ4v) is 3.71. The molecule has 2 rings (SSSR count). The topological polar surface area (TPSA) is 54.4 Å². The number of benzene rings is 1. The lowest BCUT2D eigenvalue weighted by molar-refractivity contribution is -0.112. The molecule has 142 valence electrons. The van der Waals surface area contributed by atoms with E-state index in [0.717, 1.165) is 24.8 Å². The molecule has 0 atom stereocenters. The SMILES string of the molecule is CCCCCCCCCCCCC1=C(O)c2cccc(C)c2C(=O)C1=O. The van der Waals surface area contributed by atoms with Gasteiger partial charge in [-0.15, -0.1) is 0 Å². The van der Waals surface area contributed by atoms with Crippen molar-refractivity contribution < 1.29 is 14.7 Å². The fourth-order valence-electron chi connectivity index (χ4n) is 3.71. The summed E-state index contributed by atoms with van der Waals surface area (Å²) in [5, 5.41) is 10.5. The Morgan fingerprint density at radius 2 is 1.38 bits per heavy atom. The minimum absolute atomic E-state index is 0.00391. The van der Waals surface area contributed by atoms with Crippen LogP contribution in [-0.4, -0.2) is 16.7 Å². The van der Waals surface area contributed by atoms with Crippen LogP contribution >= 0.6 is 0 Å². The Labute approximate surface area is 157 Å². The predicted molar refractivity (Wildman–Crippen MR) is 107 cm³/mol. The van der Waals surface area contributed by atoms with Crippen molar-refractivity contribution in [2.24, 2.45) is 0 Å². The molecular formula is C23H32O3. The van der Waals surface area contributed by atoms with Crippen molar-refractivity contribution in [2.75, 3.05) is 0 Å². The van der Waals surface area contributed by atoms with E-state index < -0.39 is 11.6 Å². The zero-order valence-corrected chi connectivity index (χ0v) is 16.3. The first kappa shape index (κ1) is 20.4. The van der Waals surface area contributed by atoms with E-state index in [1.54, 1.807) is 19.1 Å². The van der Waals surface area contributed by atoms with Gasteiger partial charge >= 0.3 is 0 Å². The van der Waals surface area contributed by atoms with E-state index in [9.17, 15) is 14.7 Å². The molecule has 0 fully saturated rings. The largest absolute Gasteiger partial charge is 0.507 e. The number of hydrogen-bond acceptors (Lipinski definition) is 3. The number of allylic oxidation sites excluding steroid dienone is 1. The number of aliphatic hydroxyl groups is 1. The number of aliphatic hydroxyl groups excluding tert-OH is 1. The van der Waals surface area contributed by atoms with Gasteiger partial charge in [0.15, 0.2) is 0 Å². The molecule has 0 saturated carbocycles. The van der Waals surface area contributed by atoms with Crippen LogP contribution in [0.1, 0.15) is 99.0 Å². The molecule has 1 aromatic rings. The Hall–Kier alpha value is -1.90. The van der Waals surface area contributed by atoms with Gasteiger partial charge in [-0.05, 0) is 25.3 Å². The van der Waals surface area contributed by atoms with Crippen LogP contribution in [-0.2, 0) is 4.79 Å². The van der Waals surface area contributed by atoms with Crippen molar-refractivity contribution in [3.05, 3.63) is 40.5 Å². The zero-order valence-electron chi connectivity index (χ0n) is 16.3. The lowest BCUT2D eigenvalue weighted by atomic mass is 9.84. The van der Waals surface area contributed by atoms with Gasteiger partial charge in [-0.1, -0.05) is 82.9 Å². The summed E-state index contributed by atoms with van der Waals surface area (Å²) in [6.45, 7) is 4.03. The Bertz CT molecular complexity index is 670. The third-order valence-corrected chi connectivity index (χ3v) is 5.30. The van der Waals surface area contributed by atoms with E-state index in [2.05, 4.69) is 6.92 Å². The maximum atomic E-state index is 12.4. The summed E-state index contributed by atoms with van der Waals surface area (Å²) in [4.78, 5) is 24.8. The van der Waals surface area contributed by atoms with Crippen LogP contribution in [0.3, 0.4) is 0 Å². The van der Waals surface area contributed by atoms with Crippen LogP contribution in [0.2, 0.25) is 0 Å². The molecule has 0 amide bonds. The molecule has 1 aliphatic carbocycles. The lowest BCUT2D eigenvalue weighted by Gasteiger charge is -2.19. The van der Waals surface area contributed by atoms with Gasteiger partial charge in [0.1, 0.15) is 5.76 Å². The number of fused-ring (bicyclic) bond motifs is 1. The smallest absolute Gasteiger partial charge is 0.234 e. The van der Waals surface area contributed by atoms with Gasteiger partial charge in [-0.3, -0.25) is 9.59 Å². The molecular weight excluding hydrogens is 324 g/mol. The number of hydrogen-bond donors (Lipinski definition) is 1. The van der Waals surface area contributed by atoms with Crippen LogP contribution in [0.4, 0.5) is 0 Å². The Balaban J connectivity index is 1.80. The van der Waals surface area contributed by atoms with Crippen molar-refractivity contribution in [1.29, 1.82) is 0 Å². The molecule has 0 bridgehead atoms. The van der Waals surface area contributed by atoms with Crippen LogP contribution in [0, 0.1) is 6.92 Å². The molecule has 0 saturated heterocycles. The van der Waals surface area contributed by atoms with Crippen molar-refractivity contribution >= 4 is 17.3 Å². The van der Waals surface area contributed by atoms with Crippen LogP contribution in [0.25, 0.3) is 5.76 Å². The van der Waals surface area contributed by atoms with Crippen LogP contribution < -0.4 is 0 Å². The van der Waals surface area contributed by atoms with Gasteiger partial charge in [0.2, 0.25) is 11.6 Å². The van der Waals surface area contributed by atoms with Gasteiger partial charge in [0.05, 0.1) is 0 Å². The highest BCUT2D eigenvalue weighted by atomic mass is 16.3. The summed E-state index contributed by atoms with van der Waals surface area (Å²) < 4.78 is 0. The molecule has 3 nitrogen and oxygen atoms in total. The van der Waals surface area contributed by atoms with E-state index in [1.165, 1.54) is 44.9 Å². The van der Waals surface area contributed by atoms with E-state index in [1.807, 2.05) is 6.07 Å². The third-order valence-electron chi connectivity index (χ3n) is 5.30. The highest BCUT2D eigenvalue weighted by molar-refractivity contribution is 6.52. The number of rotatable bonds is 11. The summed E-state index contributed by atoms with van der Waals surface area (Å²) in [5.74, 6) is -0.998. The average molecular weight is 357 g/mol. The number of carbonyl (C=O) groups excluding carboxylic acids is 2. The molecule has 26 heavy (non-hydrogen) atoms. The monoisotopic (exact) mass is 356 g/mol. The first-order valence-corrected chi connectivity index (χ1v) is 10.2. The molecule has 3 heteroatoms. The molecule has 1 aliphatic rings. The summed E-state index contributed by atoms with van der Waals surface area (Å²) in [7, 11) is 0. The van der Waals surface area contributed by atoms with E-state index in [0.29, 0.717) is 23.1 Å². The van der Waals surface area contributed by atoms with Gasteiger partial charge in [-0.25, -0.2) is 0 Å². The standard InChI is InChI=1S/C23H32O3/c1-3-4-5-6-7-8-9-10-11-12-15-19-21(24)18-16-13-14-17(2)20(18)23(26)22(19)25/h13-14,16,24H,3-12,15H2,1-2H3. The summed E-state index contributed by atoms with van der Waals surface area (Å²) in [6.07, 6.45) is 12.7. The number of Topliss-reactive ketones (excluding diaryl/α,β-unsaturated/α-hetero) is 2. The minimum atomic E-state index is -0.528. The maximum absolute atomic E-state index is 12.4. The second kappa shape index (κ2) is 10.3. The second-order valence-electron chi connectivity index (χ2n) is 7.41. The number of aryl methyl sites for hydroxylation is 1. The Morgan fingerprint density at radius 3 is 2.00 bits per heavy atom. The first-order chi connectivity index (χ1) is 12.6. The zero-order chi connectivity index (χ0) is 18.9. The Morgan fingerprint density at radius 1 is 0.808 bits per heavy atom. The summed E-state index contributed by atoms with van der Waals surface area (Å²) in [5.41, 5.74) is 1.91. The number of carbonyl (C=O) groups is 2. The lowest BCUT2D eigenvalue weighted by Crippen LogP contribution is -2.25. The highest BCUT2D eigenvalue weighted by Crippen LogP contribution is 2.32. The molecule has 0 aliphatic heterocycles. The predicted octanol–water partition coefficient (Wildman–Crippen LogP) is 6.34. The highest BCUT2D eigenvalue weighted by Gasteiger charge is 2.33. The fraction of sp³-hybridized carbons (Fsp3) is 0.565. The van der Waals surface area contributed by atoms with Crippen molar-refractivity contribution in [1.82, 2.24) is 0 Å². The molecule has 0 aromatic heterocycles. The second-order valence-corrected chi connectivity index (χ2v) is 7.41. The quantitative estimate of drug-likeness (QED) is 0.372. The van der Waals surface area contributed by atoms with E-state index in [-0.39, 0.29) is 5.76 Å². The summed E-state index contributed by atoms with van der Waals surface area (Å²) >= 11 is 0. The van der Waals surface area contributed by atoms with Gasteiger partial charge in [0, 0.05) is 16.7 Å². The van der Waals surface area contributed by atoms with Crippen LogP contribution in [0.5, 0.6) is 0 Å². The van der Waals surface area contributed by atoms with Crippen molar-refractivity contribution in [3.8, 4) is 0 Å². The van der Waals surface area contributed by atoms with E-state index >= 15 is 0 Å². The average Bonchev–Trinajstić information content (AvgIpc) is 2.63. The summed E-state index contributed by atoms with van der Waals surface area (Å²) in [6, 6.07) is 5.33. The Kier molecular flexibility index (Phi) is 8.08. The van der Waals surface area contributed by atoms with Crippen molar-refractivity contribution in [2.45, 2.75) is 84.5 Å². The molecule has 1 aromatic carbocycles. The number of unbranched alkanes of at least 4 members (excludes halogenated alkanes) is 9. The molecule has 1 N–H and O–H groups in total. The minimum Gasteiger partial charge on any atom is -0.507 e. The van der Waals surface area contributed by atoms with Gasteiger partial charge in [-0.2, -0.15) is 0 Å². The van der Waals surface area contributed by atoms with Gasteiger partial charge < -0.3 is 5.11 Å².